The van der Waals surface area contributed by atoms with Crippen LogP contribution in [0, 0.1) is 13.8 Å². The Labute approximate surface area is 240 Å². The quantitative estimate of drug-likeness (QED) is 0.231. The van der Waals surface area contributed by atoms with Gasteiger partial charge in [-0.1, -0.05) is 55.5 Å². The molecule has 3 heterocycles. The number of pyridine rings is 1. The molecule has 41 heavy (non-hydrogen) atoms. The fourth-order valence-corrected chi connectivity index (χ4v) is 4.41. The number of para-hydroxylation sites is 1. The summed E-state index contributed by atoms with van der Waals surface area (Å²) >= 11 is 0. The van der Waals surface area contributed by atoms with E-state index in [-0.39, 0.29) is 5.91 Å². The Hall–Kier alpha value is -4.76. The third-order valence-corrected chi connectivity index (χ3v) is 6.65. The lowest BCUT2D eigenvalue weighted by atomic mass is 10.1. The summed E-state index contributed by atoms with van der Waals surface area (Å²) in [4.78, 5) is 30.6. The predicted molar refractivity (Wildman–Crippen MR) is 158 cm³/mol. The molecular formula is C32H34N8O. The lowest BCUT2D eigenvalue weighted by Gasteiger charge is -2.22. The Kier molecular flexibility index (Phi) is 8.85. The number of rotatable bonds is 11. The molecule has 1 amide bonds. The number of aryl methyl sites for hydroxylation is 2. The molecule has 5 aromatic rings. The summed E-state index contributed by atoms with van der Waals surface area (Å²) in [6.45, 7) is 8.32. The van der Waals surface area contributed by atoms with Crippen LogP contribution in [-0.4, -0.2) is 47.3 Å². The number of amides is 1. The molecule has 0 fully saturated rings. The second-order valence-corrected chi connectivity index (χ2v) is 9.99. The molecule has 5 rings (SSSR count). The fourth-order valence-electron chi connectivity index (χ4n) is 4.41. The molecule has 0 saturated heterocycles. The molecule has 0 atom stereocenters. The number of benzene rings is 2. The van der Waals surface area contributed by atoms with Crippen molar-refractivity contribution in [3.8, 4) is 16.9 Å². The number of nitrogens with one attached hydrogen (secondary N) is 1. The largest absolute Gasteiger partial charge is 0.327 e. The van der Waals surface area contributed by atoms with E-state index in [1.807, 2.05) is 73.8 Å². The van der Waals surface area contributed by atoms with Crippen molar-refractivity contribution in [2.45, 2.75) is 46.8 Å². The molecule has 0 saturated carbocycles. The van der Waals surface area contributed by atoms with Gasteiger partial charge in [0.15, 0.2) is 5.69 Å². The van der Waals surface area contributed by atoms with E-state index in [4.69, 9.17) is 0 Å². The molecule has 0 aliphatic rings. The average molecular weight is 547 g/mol. The number of carbonyl (C=O) groups is 1. The monoisotopic (exact) mass is 546 g/mol. The van der Waals surface area contributed by atoms with Crippen molar-refractivity contribution in [1.82, 2.24) is 40.2 Å². The van der Waals surface area contributed by atoms with E-state index in [1.165, 1.54) is 4.80 Å². The Balaban J connectivity index is 1.36. The number of nitrogens with zero attached hydrogens (tertiary/aromatic N) is 7. The molecule has 9 nitrogen and oxygen atoms in total. The van der Waals surface area contributed by atoms with Crippen molar-refractivity contribution in [1.29, 1.82) is 0 Å². The van der Waals surface area contributed by atoms with E-state index in [0.29, 0.717) is 30.2 Å². The summed E-state index contributed by atoms with van der Waals surface area (Å²) in [5, 5.41) is 12.4. The first-order valence-corrected chi connectivity index (χ1v) is 13.8. The van der Waals surface area contributed by atoms with Gasteiger partial charge >= 0.3 is 0 Å². The van der Waals surface area contributed by atoms with Crippen LogP contribution in [0.15, 0.2) is 85.3 Å². The summed E-state index contributed by atoms with van der Waals surface area (Å²) in [6.07, 6.45) is 6.44. The van der Waals surface area contributed by atoms with Crippen LogP contribution in [0.3, 0.4) is 0 Å². The molecule has 2 aromatic carbocycles. The standard InChI is InChI=1S/C32H34N8O/c1-4-16-33-18-26-12-15-30(36-19-26)27-13-10-25(11-14-27)21-39(22-28-20-34-23(2)17-35-28)32(41)31-24(3)37-40(38-31)29-8-6-5-7-9-29/h5-15,17,19-20,33H,4,16,18,21-22H2,1-3H3. The topological polar surface area (TPSA) is 102 Å². The van der Waals surface area contributed by atoms with E-state index in [2.05, 4.69) is 43.5 Å². The molecule has 0 unspecified atom stereocenters. The van der Waals surface area contributed by atoms with E-state index >= 15 is 0 Å². The zero-order chi connectivity index (χ0) is 28.6. The summed E-state index contributed by atoms with van der Waals surface area (Å²) in [5.74, 6) is -0.218. The van der Waals surface area contributed by atoms with Gasteiger partial charge in [-0.25, -0.2) is 0 Å². The van der Waals surface area contributed by atoms with E-state index in [1.54, 1.807) is 24.2 Å². The summed E-state index contributed by atoms with van der Waals surface area (Å²) in [6, 6.07) is 21.9. The number of carbonyl (C=O) groups excluding carboxylic acids is 1. The van der Waals surface area contributed by atoms with Crippen LogP contribution in [0.4, 0.5) is 0 Å². The van der Waals surface area contributed by atoms with Crippen molar-refractivity contribution in [2.75, 3.05) is 6.54 Å². The molecule has 0 aliphatic carbocycles. The van der Waals surface area contributed by atoms with Gasteiger partial charge in [0.25, 0.3) is 5.91 Å². The minimum Gasteiger partial charge on any atom is -0.327 e. The number of hydrogen-bond donors (Lipinski definition) is 1. The summed E-state index contributed by atoms with van der Waals surface area (Å²) < 4.78 is 0. The molecule has 3 aromatic heterocycles. The molecule has 208 valence electrons. The Bertz CT molecular complexity index is 1560. The Morgan fingerprint density at radius 1 is 0.829 bits per heavy atom. The van der Waals surface area contributed by atoms with Crippen molar-refractivity contribution >= 4 is 5.91 Å². The molecule has 9 heteroatoms. The van der Waals surface area contributed by atoms with Gasteiger partial charge in [-0.15, -0.1) is 5.10 Å². The zero-order valence-corrected chi connectivity index (χ0v) is 23.7. The first-order chi connectivity index (χ1) is 20.0. The molecular weight excluding hydrogens is 512 g/mol. The third-order valence-electron chi connectivity index (χ3n) is 6.65. The molecule has 1 N–H and O–H groups in total. The fraction of sp³-hybridized carbons (Fsp3) is 0.250. The lowest BCUT2D eigenvalue weighted by molar-refractivity contribution is 0.0720. The maximum absolute atomic E-state index is 13.8. The van der Waals surface area contributed by atoms with Crippen LogP contribution < -0.4 is 5.32 Å². The van der Waals surface area contributed by atoms with Crippen molar-refractivity contribution < 1.29 is 4.79 Å². The smallest absolute Gasteiger partial charge is 0.276 e. The molecule has 0 aliphatic heterocycles. The van der Waals surface area contributed by atoms with Gasteiger partial charge in [0.05, 0.1) is 41.2 Å². The second-order valence-electron chi connectivity index (χ2n) is 9.99. The molecule has 0 spiro atoms. The zero-order valence-electron chi connectivity index (χ0n) is 23.7. The maximum Gasteiger partial charge on any atom is 0.276 e. The highest BCUT2D eigenvalue weighted by molar-refractivity contribution is 5.93. The Morgan fingerprint density at radius 3 is 2.29 bits per heavy atom. The minimum absolute atomic E-state index is 0.218. The van der Waals surface area contributed by atoms with Crippen LogP contribution in [0.2, 0.25) is 0 Å². The summed E-state index contributed by atoms with van der Waals surface area (Å²) in [7, 11) is 0. The highest BCUT2D eigenvalue weighted by atomic mass is 16.2. The van der Waals surface area contributed by atoms with Crippen molar-refractivity contribution in [2.24, 2.45) is 0 Å². The average Bonchev–Trinajstić information content (AvgIpc) is 3.40. The van der Waals surface area contributed by atoms with Crippen LogP contribution in [-0.2, 0) is 19.6 Å². The van der Waals surface area contributed by atoms with Crippen molar-refractivity contribution in [3.05, 3.63) is 119 Å². The van der Waals surface area contributed by atoms with Crippen LogP contribution in [0.5, 0.6) is 0 Å². The second kappa shape index (κ2) is 13.1. The summed E-state index contributed by atoms with van der Waals surface area (Å²) in [5.41, 5.74) is 7.26. The first-order valence-electron chi connectivity index (χ1n) is 13.8. The van der Waals surface area contributed by atoms with Crippen LogP contribution in [0.25, 0.3) is 16.9 Å². The Morgan fingerprint density at radius 2 is 1.61 bits per heavy atom. The van der Waals surface area contributed by atoms with Gasteiger partial charge in [-0.05, 0) is 56.1 Å². The van der Waals surface area contributed by atoms with Gasteiger partial charge in [-0.2, -0.15) is 9.90 Å². The first kappa shape index (κ1) is 27.8. The van der Waals surface area contributed by atoms with Crippen LogP contribution >= 0.6 is 0 Å². The van der Waals surface area contributed by atoms with Gasteiger partial charge in [-0.3, -0.25) is 19.7 Å². The highest BCUT2D eigenvalue weighted by Crippen LogP contribution is 2.20. The van der Waals surface area contributed by atoms with Gasteiger partial charge in [0, 0.05) is 31.0 Å². The minimum atomic E-state index is -0.218. The van der Waals surface area contributed by atoms with Crippen LogP contribution in [0.1, 0.15) is 52.0 Å². The van der Waals surface area contributed by atoms with Gasteiger partial charge in [0.1, 0.15) is 0 Å². The number of aromatic nitrogens is 6. The maximum atomic E-state index is 13.8. The van der Waals surface area contributed by atoms with Gasteiger partial charge < -0.3 is 10.2 Å². The van der Waals surface area contributed by atoms with E-state index in [0.717, 1.165) is 53.3 Å². The molecule has 0 bridgehead atoms. The van der Waals surface area contributed by atoms with Crippen molar-refractivity contribution in [3.63, 3.8) is 0 Å². The van der Waals surface area contributed by atoms with E-state index < -0.39 is 0 Å². The third kappa shape index (κ3) is 7.06. The SMILES string of the molecule is CCCNCc1ccc(-c2ccc(CN(Cc3cnc(C)cn3)C(=O)c3nn(-c4ccccc4)nc3C)cc2)nc1. The highest BCUT2D eigenvalue weighted by Gasteiger charge is 2.24. The molecule has 0 radical (unpaired) electrons. The van der Waals surface area contributed by atoms with E-state index in [9.17, 15) is 4.79 Å². The lowest BCUT2D eigenvalue weighted by Crippen LogP contribution is -2.31. The predicted octanol–water partition coefficient (Wildman–Crippen LogP) is 5.08. The number of hydrogen-bond acceptors (Lipinski definition) is 7. The van der Waals surface area contributed by atoms with Gasteiger partial charge in [0.2, 0.25) is 0 Å². The normalized spacial score (nSPS) is 11.0.